The van der Waals surface area contributed by atoms with E-state index in [4.69, 9.17) is 4.74 Å². The summed E-state index contributed by atoms with van der Waals surface area (Å²) in [6.07, 6.45) is 1.99. The molecular weight excluding hydrogens is 240 g/mol. The average molecular weight is 268 g/mol. The maximum atomic E-state index is 5.04. The van der Waals surface area contributed by atoms with Crippen LogP contribution >= 0.6 is 0 Å². The lowest BCUT2D eigenvalue weighted by molar-refractivity contribution is 0.199. The predicted molar refractivity (Wildman–Crippen MR) is 78.5 cm³/mol. The zero-order chi connectivity index (χ0) is 14.3. The van der Waals surface area contributed by atoms with E-state index in [1.165, 1.54) is 11.3 Å². The van der Waals surface area contributed by atoms with Gasteiger partial charge in [0.2, 0.25) is 0 Å². The van der Waals surface area contributed by atoms with E-state index in [2.05, 4.69) is 47.9 Å². The predicted octanol–water partition coefficient (Wildman–Crippen LogP) is 1.30. The zero-order valence-electron chi connectivity index (χ0n) is 12.9. The van der Waals surface area contributed by atoms with Crippen molar-refractivity contribution in [1.82, 2.24) is 20.0 Å². The summed E-state index contributed by atoms with van der Waals surface area (Å²) in [7, 11) is 5.90. The van der Waals surface area contributed by atoms with Crippen molar-refractivity contribution in [3.8, 4) is 0 Å². The number of rotatable bonds is 9. The van der Waals surface area contributed by atoms with Crippen LogP contribution in [0, 0.1) is 0 Å². The molecule has 0 aromatic carbocycles. The Bertz CT molecular complexity index is 360. The molecule has 110 valence electrons. The molecule has 5 heteroatoms. The van der Waals surface area contributed by atoms with Gasteiger partial charge in [-0.2, -0.15) is 5.10 Å². The second-order valence-corrected chi connectivity index (χ2v) is 5.41. The highest BCUT2D eigenvalue weighted by molar-refractivity contribution is 5.21. The van der Waals surface area contributed by atoms with Crippen LogP contribution in [0.2, 0.25) is 0 Å². The molecule has 0 saturated heterocycles. The van der Waals surface area contributed by atoms with Crippen LogP contribution in [0.1, 0.15) is 31.0 Å². The quantitative estimate of drug-likeness (QED) is 0.686. The summed E-state index contributed by atoms with van der Waals surface area (Å²) in [5.74, 6) is 0.490. The molecule has 0 amide bonds. The van der Waals surface area contributed by atoms with Gasteiger partial charge in [0.1, 0.15) is 0 Å². The SMILES string of the molecule is COCCNCc1cnn(CCN(C)C)c1C(C)C. The van der Waals surface area contributed by atoms with E-state index in [1.807, 2.05) is 6.20 Å². The number of likely N-dealkylation sites (N-methyl/N-ethyl adjacent to an activating group) is 1. The topological polar surface area (TPSA) is 42.3 Å². The van der Waals surface area contributed by atoms with Gasteiger partial charge in [-0.05, 0) is 20.0 Å². The summed E-state index contributed by atoms with van der Waals surface area (Å²) >= 11 is 0. The normalized spacial score (nSPS) is 11.7. The summed E-state index contributed by atoms with van der Waals surface area (Å²) in [6, 6.07) is 0. The van der Waals surface area contributed by atoms with E-state index in [0.717, 1.165) is 32.8 Å². The zero-order valence-corrected chi connectivity index (χ0v) is 12.9. The highest BCUT2D eigenvalue weighted by atomic mass is 16.5. The Morgan fingerprint density at radius 2 is 2.16 bits per heavy atom. The minimum atomic E-state index is 0.490. The molecule has 1 rings (SSSR count). The third-order valence-electron chi connectivity index (χ3n) is 3.06. The Morgan fingerprint density at radius 3 is 2.74 bits per heavy atom. The van der Waals surface area contributed by atoms with Crippen LogP contribution in [-0.4, -0.2) is 55.6 Å². The molecule has 0 radical (unpaired) electrons. The molecule has 0 aliphatic rings. The summed E-state index contributed by atoms with van der Waals surface area (Å²) in [5.41, 5.74) is 2.64. The molecule has 0 aliphatic carbocycles. The molecule has 5 nitrogen and oxygen atoms in total. The van der Waals surface area contributed by atoms with Gasteiger partial charge in [0, 0.05) is 38.0 Å². The first kappa shape index (κ1) is 16.1. The van der Waals surface area contributed by atoms with Crippen molar-refractivity contribution in [3.63, 3.8) is 0 Å². The minimum absolute atomic E-state index is 0.490. The number of hydrogen-bond acceptors (Lipinski definition) is 4. The van der Waals surface area contributed by atoms with Gasteiger partial charge in [-0.1, -0.05) is 13.8 Å². The first-order valence-corrected chi connectivity index (χ1v) is 6.95. The van der Waals surface area contributed by atoms with E-state index in [0.29, 0.717) is 5.92 Å². The minimum Gasteiger partial charge on any atom is -0.383 e. The van der Waals surface area contributed by atoms with Gasteiger partial charge in [-0.15, -0.1) is 0 Å². The third kappa shape index (κ3) is 5.30. The van der Waals surface area contributed by atoms with E-state index in [9.17, 15) is 0 Å². The fraction of sp³-hybridized carbons (Fsp3) is 0.786. The van der Waals surface area contributed by atoms with Crippen LogP contribution in [0.4, 0.5) is 0 Å². The molecule has 1 N–H and O–H groups in total. The first-order valence-electron chi connectivity index (χ1n) is 6.95. The highest BCUT2D eigenvalue weighted by Gasteiger charge is 2.13. The van der Waals surface area contributed by atoms with Crippen molar-refractivity contribution in [1.29, 1.82) is 0 Å². The number of methoxy groups -OCH3 is 1. The van der Waals surface area contributed by atoms with Crippen LogP contribution < -0.4 is 5.32 Å². The maximum absolute atomic E-state index is 5.04. The second-order valence-electron chi connectivity index (χ2n) is 5.41. The molecule has 1 aromatic rings. The Morgan fingerprint density at radius 1 is 1.42 bits per heavy atom. The highest BCUT2D eigenvalue weighted by Crippen LogP contribution is 2.19. The van der Waals surface area contributed by atoms with Gasteiger partial charge in [0.15, 0.2) is 0 Å². The van der Waals surface area contributed by atoms with Crippen LogP contribution in [0.25, 0.3) is 0 Å². The number of nitrogens with one attached hydrogen (secondary N) is 1. The average Bonchev–Trinajstić information content (AvgIpc) is 2.75. The molecule has 19 heavy (non-hydrogen) atoms. The lowest BCUT2D eigenvalue weighted by Gasteiger charge is -2.15. The number of ether oxygens (including phenoxy) is 1. The fourth-order valence-corrected chi connectivity index (χ4v) is 2.11. The van der Waals surface area contributed by atoms with Crippen LogP contribution in [0.5, 0.6) is 0 Å². The Balaban J connectivity index is 2.65. The Labute approximate surface area is 116 Å². The third-order valence-corrected chi connectivity index (χ3v) is 3.06. The number of nitrogens with zero attached hydrogens (tertiary/aromatic N) is 3. The van der Waals surface area contributed by atoms with Gasteiger partial charge >= 0.3 is 0 Å². The maximum Gasteiger partial charge on any atom is 0.0587 e. The van der Waals surface area contributed by atoms with Gasteiger partial charge in [-0.3, -0.25) is 4.68 Å². The molecular formula is C14H28N4O. The Kier molecular flexibility index (Phi) is 7.05. The molecule has 0 unspecified atom stereocenters. The van der Waals surface area contributed by atoms with E-state index in [-0.39, 0.29) is 0 Å². The lowest BCUT2D eigenvalue weighted by Crippen LogP contribution is -2.22. The molecule has 0 atom stereocenters. The van der Waals surface area contributed by atoms with Crippen LogP contribution in [0.3, 0.4) is 0 Å². The molecule has 0 fully saturated rings. The van der Waals surface area contributed by atoms with Crippen molar-refractivity contribution in [2.24, 2.45) is 0 Å². The number of hydrogen-bond donors (Lipinski definition) is 1. The van der Waals surface area contributed by atoms with Crippen molar-refractivity contribution in [2.75, 3.05) is 40.9 Å². The van der Waals surface area contributed by atoms with Gasteiger partial charge in [0.05, 0.1) is 19.3 Å². The van der Waals surface area contributed by atoms with E-state index < -0.39 is 0 Å². The van der Waals surface area contributed by atoms with Crippen molar-refractivity contribution >= 4 is 0 Å². The summed E-state index contributed by atoms with van der Waals surface area (Å²) in [5, 5.41) is 7.91. The summed E-state index contributed by atoms with van der Waals surface area (Å²) in [6.45, 7) is 8.88. The van der Waals surface area contributed by atoms with Crippen molar-refractivity contribution < 1.29 is 4.74 Å². The van der Waals surface area contributed by atoms with Gasteiger partial charge in [0.25, 0.3) is 0 Å². The molecule has 1 aromatic heterocycles. The standard InChI is InChI=1S/C14H28N4O/c1-12(2)14-13(10-15-6-9-19-5)11-16-18(14)8-7-17(3)4/h11-12,15H,6-10H2,1-5H3. The largest absolute Gasteiger partial charge is 0.383 e. The number of aromatic nitrogens is 2. The molecule has 0 saturated carbocycles. The van der Waals surface area contributed by atoms with Gasteiger partial charge < -0.3 is 15.0 Å². The second kappa shape index (κ2) is 8.30. The van der Waals surface area contributed by atoms with Crippen LogP contribution in [-0.2, 0) is 17.8 Å². The molecule has 0 spiro atoms. The summed E-state index contributed by atoms with van der Waals surface area (Å²) in [4.78, 5) is 2.18. The van der Waals surface area contributed by atoms with Crippen LogP contribution in [0.15, 0.2) is 6.20 Å². The summed E-state index contributed by atoms with van der Waals surface area (Å²) < 4.78 is 7.18. The van der Waals surface area contributed by atoms with Crippen molar-refractivity contribution in [2.45, 2.75) is 32.9 Å². The monoisotopic (exact) mass is 268 g/mol. The molecule has 0 bridgehead atoms. The molecule has 0 aliphatic heterocycles. The Hall–Kier alpha value is -0.910. The van der Waals surface area contributed by atoms with E-state index >= 15 is 0 Å². The van der Waals surface area contributed by atoms with Gasteiger partial charge in [-0.25, -0.2) is 0 Å². The van der Waals surface area contributed by atoms with Crippen molar-refractivity contribution in [3.05, 3.63) is 17.5 Å². The molecule has 1 heterocycles. The first-order chi connectivity index (χ1) is 9.06. The lowest BCUT2D eigenvalue weighted by atomic mass is 10.1. The van der Waals surface area contributed by atoms with E-state index in [1.54, 1.807) is 7.11 Å². The smallest absolute Gasteiger partial charge is 0.0587 e. The fourth-order valence-electron chi connectivity index (χ4n) is 2.11.